The first-order valence-electron chi connectivity index (χ1n) is 3.84. The van der Waals surface area contributed by atoms with Gasteiger partial charge >= 0.3 is 0 Å². The van der Waals surface area contributed by atoms with Gasteiger partial charge in [-0.3, -0.25) is 9.48 Å². The Hall–Kier alpha value is -1.19. The van der Waals surface area contributed by atoms with E-state index in [-0.39, 0.29) is 0 Å². The molecule has 1 aromatic heterocycles. The Labute approximate surface area is 69.2 Å². The molecular weight excluding hydrogens is 159 g/mol. The molecule has 0 amide bonds. The largest absolute Gasteiger partial charge is 0.298 e. The minimum Gasteiger partial charge on any atom is -0.298 e. The van der Waals surface area contributed by atoms with Crippen molar-refractivity contribution in [2.24, 2.45) is 7.05 Å². The SMILES string of the molecule is Cn1cc(C=O)c(C2(F)CC2)n1. The molecule has 0 bridgehead atoms. The van der Waals surface area contributed by atoms with Gasteiger partial charge in [0.15, 0.2) is 12.0 Å². The highest BCUT2D eigenvalue weighted by Crippen LogP contribution is 2.49. The molecular formula is C8H9FN2O. The lowest BCUT2D eigenvalue weighted by Gasteiger charge is -1.98. The highest BCUT2D eigenvalue weighted by atomic mass is 19.1. The van der Waals surface area contributed by atoms with Crippen LogP contribution in [0.15, 0.2) is 6.20 Å². The van der Waals surface area contributed by atoms with Gasteiger partial charge in [0.1, 0.15) is 5.69 Å². The van der Waals surface area contributed by atoms with Crippen molar-refractivity contribution in [2.75, 3.05) is 0 Å². The van der Waals surface area contributed by atoms with Crippen LogP contribution in [0.3, 0.4) is 0 Å². The fourth-order valence-corrected chi connectivity index (χ4v) is 1.29. The molecule has 0 saturated heterocycles. The maximum absolute atomic E-state index is 13.5. The minimum absolute atomic E-state index is 0.306. The lowest BCUT2D eigenvalue weighted by molar-refractivity contribution is 0.111. The fraction of sp³-hybridized carbons (Fsp3) is 0.500. The molecule has 12 heavy (non-hydrogen) atoms. The first-order chi connectivity index (χ1) is 5.65. The van der Waals surface area contributed by atoms with E-state index in [4.69, 9.17) is 0 Å². The predicted octanol–water partition coefficient (Wildman–Crippen LogP) is 1.19. The van der Waals surface area contributed by atoms with Crippen LogP contribution >= 0.6 is 0 Å². The fourth-order valence-electron chi connectivity index (χ4n) is 1.29. The molecule has 1 aromatic rings. The topological polar surface area (TPSA) is 34.9 Å². The van der Waals surface area contributed by atoms with E-state index in [0.717, 1.165) is 0 Å². The maximum atomic E-state index is 13.5. The Bertz CT molecular complexity index is 328. The predicted molar refractivity (Wildman–Crippen MR) is 40.6 cm³/mol. The van der Waals surface area contributed by atoms with Gasteiger partial charge < -0.3 is 0 Å². The highest BCUT2D eigenvalue weighted by molar-refractivity contribution is 5.76. The lowest BCUT2D eigenvalue weighted by atomic mass is 10.2. The standard InChI is InChI=1S/C8H9FN2O/c1-11-4-6(5-12)7(10-11)8(9)2-3-8/h4-5H,2-3H2,1H3. The number of aromatic nitrogens is 2. The lowest BCUT2D eigenvalue weighted by Crippen LogP contribution is -2.02. The van der Waals surface area contributed by atoms with Crippen molar-refractivity contribution >= 4 is 6.29 Å². The molecule has 4 heteroatoms. The molecule has 0 radical (unpaired) electrons. The molecule has 3 nitrogen and oxygen atoms in total. The van der Waals surface area contributed by atoms with Crippen molar-refractivity contribution < 1.29 is 9.18 Å². The van der Waals surface area contributed by atoms with Crippen LogP contribution in [0.4, 0.5) is 4.39 Å². The summed E-state index contributed by atoms with van der Waals surface area (Å²) in [6, 6.07) is 0. The van der Waals surface area contributed by atoms with Crippen molar-refractivity contribution in [3.63, 3.8) is 0 Å². The normalized spacial score (nSPS) is 19.2. The zero-order chi connectivity index (χ0) is 8.77. The van der Waals surface area contributed by atoms with E-state index >= 15 is 0 Å². The second-order valence-electron chi connectivity index (χ2n) is 3.19. The summed E-state index contributed by atoms with van der Waals surface area (Å²) in [5.41, 5.74) is -0.630. The number of aldehydes is 1. The first-order valence-corrected chi connectivity index (χ1v) is 3.84. The van der Waals surface area contributed by atoms with E-state index in [2.05, 4.69) is 5.10 Å². The smallest absolute Gasteiger partial charge is 0.155 e. The summed E-state index contributed by atoms with van der Waals surface area (Å²) in [6.07, 6.45) is 3.18. The number of aryl methyl sites for hydroxylation is 1. The zero-order valence-electron chi connectivity index (χ0n) is 6.75. The van der Waals surface area contributed by atoms with Gasteiger partial charge in [0.05, 0.1) is 5.56 Å². The molecule has 1 fully saturated rings. The Morgan fingerprint density at radius 2 is 2.42 bits per heavy atom. The van der Waals surface area contributed by atoms with Crippen LogP contribution in [0.5, 0.6) is 0 Å². The van der Waals surface area contributed by atoms with E-state index in [1.165, 1.54) is 4.68 Å². The van der Waals surface area contributed by atoms with Gasteiger partial charge in [-0.05, 0) is 12.8 Å². The second kappa shape index (κ2) is 2.15. The number of halogens is 1. The molecule has 0 aliphatic heterocycles. The molecule has 1 aliphatic carbocycles. The Balaban J connectivity index is 2.48. The molecule has 1 heterocycles. The molecule has 0 N–H and O–H groups in total. The van der Waals surface area contributed by atoms with Crippen LogP contribution < -0.4 is 0 Å². The number of alkyl halides is 1. The summed E-state index contributed by atoms with van der Waals surface area (Å²) in [4.78, 5) is 10.5. The average molecular weight is 168 g/mol. The molecule has 64 valence electrons. The Morgan fingerprint density at radius 1 is 1.75 bits per heavy atom. The van der Waals surface area contributed by atoms with Crippen LogP contribution in [-0.2, 0) is 12.7 Å². The molecule has 2 rings (SSSR count). The van der Waals surface area contributed by atoms with Gasteiger partial charge in [0.25, 0.3) is 0 Å². The molecule has 0 atom stereocenters. The van der Waals surface area contributed by atoms with Crippen LogP contribution in [0.1, 0.15) is 28.9 Å². The third-order valence-electron chi connectivity index (χ3n) is 2.10. The summed E-state index contributed by atoms with van der Waals surface area (Å²) >= 11 is 0. The number of carbonyl (C=O) groups excluding carboxylic acids is 1. The summed E-state index contributed by atoms with van der Waals surface area (Å²) in [7, 11) is 1.68. The molecule has 0 unspecified atom stereocenters. The summed E-state index contributed by atoms with van der Waals surface area (Å²) < 4.78 is 14.9. The highest BCUT2D eigenvalue weighted by Gasteiger charge is 2.48. The van der Waals surface area contributed by atoms with E-state index < -0.39 is 5.67 Å². The number of hydrogen-bond donors (Lipinski definition) is 0. The van der Waals surface area contributed by atoms with E-state index in [0.29, 0.717) is 30.4 Å². The van der Waals surface area contributed by atoms with Crippen molar-refractivity contribution in [1.29, 1.82) is 0 Å². The second-order valence-corrected chi connectivity index (χ2v) is 3.19. The number of carbonyl (C=O) groups is 1. The third-order valence-corrected chi connectivity index (χ3v) is 2.10. The molecule has 0 aromatic carbocycles. The number of nitrogens with zero attached hydrogens (tertiary/aromatic N) is 2. The van der Waals surface area contributed by atoms with E-state index in [9.17, 15) is 9.18 Å². The van der Waals surface area contributed by atoms with Gasteiger partial charge in [-0.1, -0.05) is 0 Å². The van der Waals surface area contributed by atoms with Gasteiger partial charge in [0.2, 0.25) is 0 Å². The summed E-state index contributed by atoms with van der Waals surface area (Å²) in [5.74, 6) is 0. The van der Waals surface area contributed by atoms with Gasteiger partial charge in [-0.15, -0.1) is 0 Å². The summed E-state index contributed by atoms with van der Waals surface area (Å²) in [6.45, 7) is 0. The Kier molecular flexibility index (Phi) is 1.34. The van der Waals surface area contributed by atoms with Crippen molar-refractivity contribution in [3.8, 4) is 0 Å². The van der Waals surface area contributed by atoms with Gasteiger partial charge in [0, 0.05) is 13.2 Å². The quantitative estimate of drug-likeness (QED) is 0.622. The van der Waals surface area contributed by atoms with Crippen LogP contribution in [0.25, 0.3) is 0 Å². The van der Waals surface area contributed by atoms with Gasteiger partial charge in [-0.2, -0.15) is 5.10 Å². The van der Waals surface area contributed by atoms with E-state index in [1.807, 2.05) is 0 Å². The van der Waals surface area contributed by atoms with Gasteiger partial charge in [-0.25, -0.2) is 4.39 Å². The molecule has 1 saturated carbocycles. The number of rotatable bonds is 2. The zero-order valence-corrected chi connectivity index (χ0v) is 6.75. The summed E-state index contributed by atoms with van der Waals surface area (Å²) in [5, 5.41) is 3.93. The van der Waals surface area contributed by atoms with Crippen LogP contribution in [0, 0.1) is 0 Å². The van der Waals surface area contributed by atoms with Crippen molar-refractivity contribution in [1.82, 2.24) is 9.78 Å². The molecule has 1 aliphatic rings. The van der Waals surface area contributed by atoms with Crippen LogP contribution in [-0.4, -0.2) is 16.1 Å². The maximum Gasteiger partial charge on any atom is 0.155 e. The molecule has 0 spiro atoms. The van der Waals surface area contributed by atoms with E-state index in [1.54, 1.807) is 13.2 Å². The minimum atomic E-state index is -1.31. The average Bonchev–Trinajstić information content (AvgIpc) is 2.64. The Morgan fingerprint density at radius 3 is 2.92 bits per heavy atom. The van der Waals surface area contributed by atoms with Crippen LogP contribution in [0.2, 0.25) is 0 Å². The third kappa shape index (κ3) is 0.948. The first kappa shape index (κ1) is 7.46. The number of hydrogen-bond acceptors (Lipinski definition) is 2. The van der Waals surface area contributed by atoms with Crippen molar-refractivity contribution in [3.05, 3.63) is 17.5 Å². The van der Waals surface area contributed by atoms with Crippen molar-refractivity contribution in [2.45, 2.75) is 18.5 Å². The monoisotopic (exact) mass is 168 g/mol.